The van der Waals surface area contributed by atoms with E-state index in [1.54, 1.807) is 11.8 Å². The predicted molar refractivity (Wildman–Crippen MR) is 111 cm³/mol. The van der Waals surface area contributed by atoms with Crippen LogP contribution in [0, 0.1) is 0 Å². The van der Waals surface area contributed by atoms with Gasteiger partial charge < -0.3 is 15.0 Å². The Hall–Kier alpha value is -2.96. The van der Waals surface area contributed by atoms with Crippen molar-refractivity contribution in [2.75, 3.05) is 18.1 Å². The number of fused-ring (bicyclic) bond motifs is 1. The fourth-order valence-corrected chi connectivity index (χ4v) is 4.12. The summed E-state index contributed by atoms with van der Waals surface area (Å²) < 4.78 is 124. The maximum absolute atomic E-state index is 13.4. The smallest absolute Gasteiger partial charge is 0.416 e. The second kappa shape index (κ2) is 10.2. The fraction of sp³-hybridized carbons (Fsp3) is 0.435. The molecule has 1 heterocycles. The lowest BCUT2D eigenvalue weighted by molar-refractivity contribution is -0.143. The van der Waals surface area contributed by atoms with Gasteiger partial charge >= 0.3 is 18.5 Å². The van der Waals surface area contributed by atoms with E-state index in [-0.39, 0.29) is 43.2 Å². The van der Waals surface area contributed by atoms with Gasteiger partial charge in [-0.05, 0) is 60.9 Å². The number of hydrogen-bond donors (Lipinski definition) is 1. The van der Waals surface area contributed by atoms with E-state index in [9.17, 15) is 44.3 Å². The molecule has 0 radical (unpaired) electrons. The van der Waals surface area contributed by atoms with Crippen molar-refractivity contribution >= 4 is 12.2 Å². The first-order valence-electron chi connectivity index (χ1n) is 10.7. The molecule has 0 saturated carbocycles. The number of benzene rings is 2. The standard InChI is InChI=1S/C23H21F9N2O2/c1-13(11-36-12-35)34-5-4-19(18-9-15(21(24,25)26)2-3-20(18)34)33-10-14-6-16(22(27,28)29)8-17(7-14)23(30,31)32/h2-3,6-9,12-13,19,33H,4-5,10-11H2,1H3. The molecule has 0 aliphatic carbocycles. The summed E-state index contributed by atoms with van der Waals surface area (Å²) in [6.45, 7) is 1.74. The molecular formula is C23H21F9N2O2. The van der Waals surface area contributed by atoms with E-state index < -0.39 is 53.8 Å². The summed E-state index contributed by atoms with van der Waals surface area (Å²) >= 11 is 0. The monoisotopic (exact) mass is 528 g/mol. The zero-order chi connectivity index (χ0) is 26.9. The van der Waals surface area contributed by atoms with Crippen LogP contribution in [0.2, 0.25) is 0 Å². The largest absolute Gasteiger partial charge is 0.466 e. The second-order valence-corrected chi connectivity index (χ2v) is 8.38. The molecule has 2 atom stereocenters. The maximum Gasteiger partial charge on any atom is 0.416 e. The first-order valence-corrected chi connectivity index (χ1v) is 10.7. The minimum Gasteiger partial charge on any atom is -0.466 e. The molecule has 0 spiro atoms. The zero-order valence-corrected chi connectivity index (χ0v) is 18.7. The average Bonchev–Trinajstić information content (AvgIpc) is 2.78. The van der Waals surface area contributed by atoms with Crippen molar-refractivity contribution in [3.05, 3.63) is 64.2 Å². The highest BCUT2D eigenvalue weighted by Gasteiger charge is 2.38. The number of nitrogens with one attached hydrogen (secondary N) is 1. The molecule has 3 rings (SSSR count). The number of nitrogens with zero attached hydrogens (tertiary/aromatic N) is 1. The highest BCUT2D eigenvalue weighted by atomic mass is 19.4. The molecule has 1 N–H and O–H groups in total. The number of alkyl halides is 9. The van der Waals surface area contributed by atoms with E-state index in [0.717, 1.165) is 12.1 Å². The Balaban J connectivity index is 1.94. The molecule has 0 bridgehead atoms. The van der Waals surface area contributed by atoms with Crippen LogP contribution in [0.15, 0.2) is 36.4 Å². The fourth-order valence-electron chi connectivity index (χ4n) is 4.12. The summed E-state index contributed by atoms with van der Waals surface area (Å²) in [5, 5.41) is 2.82. The van der Waals surface area contributed by atoms with E-state index in [4.69, 9.17) is 4.74 Å². The van der Waals surface area contributed by atoms with Crippen LogP contribution in [0.3, 0.4) is 0 Å². The lowest BCUT2D eigenvalue weighted by Crippen LogP contribution is -2.43. The summed E-state index contributed by atoms with van der Waals surface area (Å²) in [5.74, 6) is 0. The summed E-state index contributed by atoms with van der Waals surface area (Å²) in [6.07, 6.45) is -14.5. The Morgan fingerprint density at radius 1 is 0.944 bits per heavy atom. The number of anilines is 1. The first-order chi connectivity index (χ1) is 16.6. The number of carbonyl (C=O) groups excluding carboxylic acids is 1. The topological polar surface area (TPSA) is 41.6 Å². The van der Waals surface area contributed by atoms with Crippen LogP contribution in [0.4, 0.5) is 45.2 Å². The predicted octanol–water partition coefficient (Wildman–Crippen LogP) is 6.35. The number of ether oxygens (including phenoxy) is 1. The third-order valence-electron chi connectivity index (χ3n) is 5.84. The Kier molecular flexibility index (Phi) is 7.82. The molecule has 198 valence electrons. The van der Waals surface area contributed by atoms with E-state index >= 15 is 0 Å². The van der Waals surface area contributed by atoms with Crippen LogP contribution >= 0.6 is 0 Å². The quantitative estimate of drug-likeness (QED) is 0.336. The van der Waals surface area contributed by atoms with Gasteiger partial charge in [-0.2, -0.15) is 39.5 Å². The molecule has 2 aromatic rings. The lowest BCUT2D eigenvalue weighted by Gasteiger charge is -2.39. The molecule has 2 aromatic carbocycles. The van der Waals surface area contributed by atoms with Crippen LogP contribution in [0.25, 0.3) is 0 Å². The van der Waals surface area contributed by atoms with Gasteiger partial charge in [-0.1, -0.05) is 0 Å². The van der Waals surface area contributed by atoms with Crippen molar-refractivity contribution in [3.8, 4) is 0 Å². The third kappa shape index (κ3) is 6.42. The average molecular weight is 528 g/mol. The summed E-state index contributed by atoms with van der Waals surface area (Å²) in [5.41, 5.74) is -3.67. The molecular weight excluding hydrogens is 507 g/mol. The first kappa shape index (κ1) is 27.6. The second-order valence-electron chi connectivity index (χ2n) is 8.38. The third-order valence-corrected chi connectivity index (χ3v) is 5.84. The Morgan fingerprint density at radius 2 is 1.53 bits per heavy atom. The summed E-state index contributed by atoms with van der Waals surface area (Å²) in [7, 11) is 0. The summed E-state index contributed by atoms with van der Waals surface area (Å²) in [4.78, 5) is 12.2. The van der Waals surface area contributed by atoms with Crippen molar-refractivity contribution in [3.63, 3.8) is 0 Å². The lowest BCUT2D eigenvalue weighted by atomic mass is 9.93. The molecule has 0 amide bonds. The van der Waals surface area contributed by atoms with Gasteiger partial charge in [0.25, 0.3) is 6.47 Å². The van der Waals surface area contributed by atoms with Gasteiger partial charge in [0.05, 0.1) is 22.7 Å². The van der Waals surface area contributed by atoms with Crippen molar-refractivity contribution in [1.82, 2.24) is 5.32 Å². The zero-order valence-electron chi connectivity index (χ0n) is 18.7. The van der Waals surface area contributed by atoms with Crippen LogP contribution < -0.4 is 10.2 Å². The molecule has 1 aliphatic rings. The highest BCUT2D eigenvalue weighted by molar-refractivity contribution is 5.59. The molecule has 0 fully saturated rings. The van der Waals surface area contributed by atoms with Gasteiger partial charge in [0, 0.05) is 24.8 Å². The number of rotatable bonds is 7. The van der Waals surface area contributed by atoms with Crippen LogP contribution in [-0.4, -0.2) is 25.7 Å². The van der Waals surface area contributed by atoms with Gasteiger partial charge in [0.1, 0.15) is 6.61 Å². The van der Waals surface area contributed by atoms with Gasteiger partial charge in [-0.15, -0.1) is 0 Å². The normalized spacial score (nSPS) is 17.5. The van der Waals surface area contributed by atoms with Crippen LogP contribution in [0.1, 0.15) is 47.2 Å². The number of halogens is 9. The van der Waals surface area contributed by atoms with Gasteiger partial charge in [-0.3, -0.25) is 4.79 Å². The van der Waals surface area contributed by atoms with Crippen molar-refractivity contribution in [1.29, 1.82) is 0 Å². The summed E-state index contributed by atoms with van der Waals surface area (Å²) in [6, 6.07) is 2.99. The van der Waals surface area contributed by atoms with E-state index in [1.807, 2.05) is 0 Å². The molecule has 0 saturated heterocycles. The minimum atomic E-state index is -5.02. The molecule has 36 heavy (non-hydrogen) atoms. The number of hydrogen-bond acceptors (Lipinski definition) is 4. The maximum atomic E-state index is 13.4. The van der Waals surface area contributed by atoms with Gasteiger partial charge in [0.2, 0.25) is 0 Å². The van der Waals surface area contributed by atoms with Crippen LogP contribution in [0.5, 0.6) is 0 Å². The highest BCUT2D eigenvalue weighted by Crippen LogP contribution is 2.40. The molecule has 0 aromatic heterocycles. The van der Waals surface area contributed by atoms with E-state index in [0.29, 0.717) is 17.8 Å². The molecule has 1 aliphatic heterocycles. The Labute approximate surface area is 200 Å². The van der Waals surface area contributed by atoms with Crippen molar-refractivity contribution in [2.45, 2.75) is 50.5 Å². The Morgan fingerprint density at radius 3 is 2.06 bits per heavy atom. The SMILES string of the molecule is CC(COC=O)N1CCC(NCc2cc(C(F)(F)F)cc(C(F)(F)F)c2)c2cc(C(F)(F)F)ccc21. The van der Waals surface area contributed by atoms with E-state index in [1.165, 1.54) is 6.07 Å². The van der Waals surface area contributed by atoms with E-state index in [2.05, 4.69) is 5.32 Å². The van der Waals surface area contributed by atoms with Crippen molar-refractivity contribution in [2.24, 2.45) is 0 Å². The number of carbonyl (C=O) groups is 1. The molecule has 4 nitrogen and oxygen atoms in total. The van der Waals surface area contributed by atoms with Crippen LogP contribution in [-0.2, 0) is 34.6 Å². The van der Waals surface area contributed by atoms with Gasteiger partial charge in [0.15, 0.2) is 0 Å². The minimum absolute atomic E-state index is 0.00961. The molecule has 2 unspecified atom stereocenters. The van der Waals surface area contributed by atoms with Gasteiger partial charge in [-0.25, -0.2) is 0 Å². The van der Waals surface area contributed by atoms with Crippen molar-refractivity contribution < 1.29 is 49.0 Å². The Bertz CT molecular complexity index is 1050. The molecule has 13 heteroatoms.